The summed E-state index contributed by atoms with van der Waals surface area (Å²) in [4.78, 5) is 28.4. The summed E-state index contributed by atoms with van der Waals surface area (Å²) in [5.41, 5.74) is 2.80. The number of rotatable bonds is 4. The van der Waals surface area contributed by atoms with Crippen molar-refractivity contribution in [3.63, 3.8) is 0 Å². The molecule has 3 rings (SSSR count). The predicted octanol–water partition coefficient (Wildman–Crippen LogP) is 3.56. The van der Waals surface area contributed by atoms with Gasteiger partial charge in [-0.25, -0.2) is 9.78 Å². The highest BCUT2D eigenvalue weighted by Gasteiger charge is 2.20. The molecule has 2 aromatic heterocycles. The third kappa shape index (κ3) is 3.09. The minimum Gasteiger partial charge on any atom is -0.496 e. The van der Waals surface area contributed by atoms with Gasteiger partial charge in [0.1, 0.15) is 22.7 Å². The molecule has 0 spiro atoms. The first-order valence-electron chi connectivity index (χ1n) is 7.69. The smallest absolute Gasteiger partial charge is 0.339 e. The van der Waals surface area contributed by atoms with Crippen LogP contribution in [0, 0.1) is 13.8 Å². The minimum absolute atomic E-state index is 0.0862. The number of hydrogen-bond acceptors (Lipinski definition) is 4. The Morgan fingerprint density at radius 2 is 2.00 bits per heavy atom. The number of imidazole rings is 1. The number of benzene rings is 1. The number of aromatic nitrogens is 2. The van der Waals surface area contributed by atoms with E-state index >= 15 is 0 Å². The molecule has 0 aliphatic heterocycles. The van der Waals surface area contributed by atoms with Crippen molar-refractivity contribution < 1.29 is 19.4 Å². The van der Waals surface area contributed by atoms with Crippen LogP contribution in [0.15, 0.2) is 30.5 Å². The van der Waals surface area contributed by atoms with Gasteiger partial charge in [0.2, 0.25) is 0 Å². The number of aromatic carboxylic acids is 1. The number of nitrogens with one attached hydrogen (secondary N) is 1. The Hall–Kier alpha value is -3.06. The molecule has 0 saturated carbocycles. The highest BCUT2D eigenvalue weighted by atomic mass is 35.5. The number of halogens is 1. The molecule has 0 aliphatic carbocycles. The number of fused-ring (bicyclic) bond motifs is 1. The summed E-state index contributed by atoms with van der Waals surface area (Å²) in [7, 11) is 1.35. The van der Waals surface area contributed by atoms with Crippen LogP contribution in [0.3, 0.4) is 0 Å². The molecule has 7 nitrogen and oxygen atoms in total. The van der Waals surface area contributed by atoms with Crippen molar-refractivity contribution in [2.75, 3.05) is 12.4 Å². The first-order chi connectivity index (χ1) is 12.3. The molecule has 3 aromatic rings. The molecule has 2 heterocycles. The third-order valence-corrected chi connectivity index (χ3v) is 4.25. The normalized spacial score (nSPS) is 10.8. The number of ether oxygens (including phenoxy) is 1. The van der Waals surface area contributed by atoms with Gasteiger partial charge in [-0.05, 0) is 37.6 Å². The highest BCUT2D eigenvalue weighted by molar-refractivity contribution is 6.34. The standard InChI is InChI=1S/C18H16ClN3O4/c1-9-4-5-22-15(6-9)20-10(2)16(22)17(23)21-13-8-14(26-3)11(18(24)25)7-12(13)19/h4-8H,1-3H3,(H,21,23)(H,24,25). The molecule has 0 saturated heterocycles. The molecule has 0 radical (unpaired) electrons. The number of carbonyl (C=O) groups excluding carboxylic acids is 1. The molecule has 0 atom stereocenters. The summed E-state index contributed by atoms with van der Waals surface area (Å²) >= 11 is 6.13. The van der Waals surface area contributed by atoms with Crippen LogP contribution in [-0.4, -0.2) is 33.5 Å². The van der Waals surface area contributed by atoms with E-state index < -0.39 is 11.9 Å². The van der Waals surface area contributed by atoms with Gasteiger partial charge in [-0.15, -0.1) is 0 Å². The monoisotopic (exact) mass is 373 g/mol. The number of pyridine rings is 1. The van der Waals surface area contributed by atoms with E-state index in [1.807, 2.05) is 19.1 Å². The van der Waals surface area contributed by atoms with E-state index in [0.29, 0.717) is 17.0 Å². The second-order valence-electron chi connectivity index (χ2n) is 5.77. The molecular weight excluding hydrogens is 358 g/mol. The lowest BCUT2D eigenvalue weighted by atomic mass is 10.1. The fourth-order valence-corrected chi connectivity index (χ4v) is 2.92. The van der Waals surface area contributed by atoms with Gasteiger partial charge in [0, 0.05) is 12.3 Å². The SMILES string of the molecule is COc1cc(NC(=O)c2c(C)nc3cc(C)ccn23)c(Cl)cc1C(=O)O. The average Bonchev–Trinajstić information content (AvgIpc) is 2.90. The van der Waals surface area contributed by atoms with Crippen LogP contribution < -0.4 is 10.1 Å². The zero-order valence-electron chi connectivity index (χ0n) is 14.3. The number of amides is 1. The average molecular weight is 374 g/mol. The number of carboxylic acids is 1. The van der Waals surface area contributed by atoms with Crippen LogP contribution >= 0.6 is 11.6 Å². The van der Waals surface area contributed by atoms with Crippen molar-refractivity contribution in [1.82, 2.24) is 9.38 Å². The van der Waals surface area contributed by atoms with E-state index in [0.717, 1.165) is 5.56 Å². The van der Waals surface area contributed by atoms with Crippen LogP contribution in [0.5, 0.6) is 5.75 Å². The molecule has 1 amide bonds. The Morgan fingerprint density at radius 1 is 1.27 bits per heavy atom. The molecule has 0 unspecified atom stereocenters. The highest BCUT2D eigenvalue weighted by Crippen LogP contribution is 2.31. The van der Waals surface area contributed by atoms with Gasteiger partial charge in [-0.3, -0.25) is 9.20 Å². The number of aryl methyl sites for hydroxylation is 2. The van der Waals surface area contributed by atoms with E-state index in [1.54, 1.807) is 17.5 Å². The second kappa shape index (κ2) is 6.68. The van der Waals surface area contributed by atoms with Gasteiger partial charge in [0.05, 0.1) is 23.5 Å². The lowest BCUT2D eigenvalue weighted by Gasteiger charge is -2.12. The summed E-state index contributed by atoms with van der Waals surface area (Å²) in [5, 5.41) is 12.0. The van der Waals surface area contributed by atoms with Crippen LogP contribution in [0.1, 0.15) is 32.1 Å². The van der Waals surface area contributed by atoms with Gasteiger partial charge in [0.15, 0.2) is 0 Å². The number of methoxy groups -OCH3 is 1. The van der Waals surface area contributed by atoms with E-state index in [1.165, 1.54) is 19.2 Å². The van der Waals surface area contributed by atoms with Crippen molar-refractivity contribution in [3.05, 3.63) is 58.0 Å². The molecule has 2 N–H and O–H groups in total. The minimum atomic E-state index is -1.17. The largest absolute Gasteiger partial charge is 0.496 e. The zero-order chi connectivity index (χ0) is 19.0. The van der Waals surface area contributed by atoms with E-state index in [9.17, 15) is 14.7 Å². The van der Waals surface area contributed by atoms with Crippen molar-refractivity contribution in [2.45, 2.75) is 13.8 Å². The fraction of sp³-hybridized carbons (Fsp3) is 0.167. The summed E-state index contributed by atoms with van der Waals surface area (Å²) in [5.74, 6) is -1.48. The Kier molecular flexibility index (Phi) is 4.56. The molecule has 1 aromatic carbocycles. The molecule has 0 fully saturated rings. The van der Waals surface area contributed by atoms with Crippen LogP contribution in [0.4, 0.5) is 5.69 Å². The molecule has 0 bridgehead atoms. The second-order valence-corrected chi connectivity index (χ2v) is 6.18. The maximum Gasteiger partial charge on any atom is 0.339 e. The van der Waals surface area contributed by atoms with Crippen molar-refractivity contribution >= 4 is 34.8 Å². The Labute approximate surface area is 154 Å². The van der Waals surface area contributed by atoms with Crippen molar-refractivity contribution in [1.29, 1.82) is 0 Å². The number of nitrogens with zero attached hydrogens (tertiary/aromatic N) is 2. The van der Waals surface area contributed by atoms with E-state index in [-0.39, 0.29) is 22.0 Å². The molecule has 8 heteroatoms. The lowest BCUT2D eigenvalue weighted by Crippen LogP contribution is -2.16. The van der Waals surface area contributed by atoms with E-state index in [2.05, 4.69) is 10.3 Å². The summed E-state index contributed by atoms with van der Waals surface area (Å²) in [6.07, 6.45) is 1.77. The van der Waals surface area contributed by atoms with Gasteiger partial charge in [-0.1, -0.05) is 11.6 Å². The number of carbonyl (C=O) groups is 2. The quantitative estimate of drug-likeness (QED) is 0.729. The number of anilines is 1. The summed E-state index contributed by atoms with van der Waals surface area (Å²) in [6, 6.07) is 6.37. The zero-order valence-corrected chi connectivity index (χ0v) is 15.1. The Bertz CT molecular complexity index is 1040. The van der Waals surface area contributed by atoms with Crippen molar-refractivity contribution in [3.8, 4) is 5.75 Å². The molecular formula is C18H16ClN3O4. The molecule has 134 valence electrons. The lowest BCUT2D eigenvalue weighted by molar-refractivity contribution is 0.0693. The van der Waals surface area contributed by atoms with Crippen molar-refractivity contribution in [2.24, 2.45) is 0 Å². The van der Waals surface area contributed by atoms with E-state index in [4.69, 9.17) is 16.3 Å². The van der Waals surface area contributed by atoms with Gasteiger partial charge in [0.25, 0.3) is 5.91 Å². The summed E-state index contributed by atoms with van der Waals surface area (Å²) in [6.45, 7) is 3.69. The van der Waals surface area contributed by atoms with Gasteiger partial charge < -0.3 is 15.2 Å². The molecule has 26 heavy (non-hydrogen) atoms. The van der Waals surface area contributed by atoms with Gasteiger partial charge >= 0.3 is 5.97 Å². The Balaban J connectivity index is 2.01. The van der Waals surface area contributed by atoms with Crippen LogP contribution in [-0.2, 0) is 0 Å². The van der Waals surface area contributed by atoms with Crippen LogP contribution in [0.2, 0.25) is 5.02 Å². The fourth-order valence-electron chi connectivity index (χ4n) is 2.70. The molecule has 0 aliphatic rings. The maximum absolute atomic E-state index is 12.8. The Morgan fingerprint density at radius 3 is 2.65 bits per heavy atom. The topological polar surface area (TPSA) is 92.9 Å². The first kappa shape index (κ1) is 17.8. The van der Waals surface area contributed by atoms with Crippen LogP contribution in [0.25, 0.3) is 5.65 Å². The number of carboxylic acid groups (broad SMARTS) is 1. The van der Waals surface area contributed by atoms with Gasteiger partial charge in [-0.2, -0.15) is 0 Å². The third-order valence-electron chi connectivity index (χ3n) is 3.94. The maximum atomic E-state index is 12.8. The first-order valence-corrected chi connectivity index (χ1v) is 8.07. The number of hydrogen-bond donors (Lipinski definition) is 2. The summed E-state index contributed by atoms with van der Waals surface area (Å²) < 4.78 is 6.76. The predicted molar refractivity (Wildman–Crippen MR) is 97.6 cm³/mol.